The predicted molar refractivity (Wildman–Crippen MR) is 52.2 cm³/mol. The van der Waals surface area contributed by atoms with Crippen LogP contribution in [0.1, 0.15) is 44.9 Å². The fraction of sp³-hybridized carbons (Fsp3) is 1.00. The Morgan fingerprint density at radius 3 is 1.92 bits per heavy atom. The van der Waals surface area contributed by atoms with Gasteiger partial charge in [-0.2, -0.15) is 0 Å². The third kappa shape index (κ3) is 2.01. The second kappa shape index (κ2) is 4.27. The third-order valence-electron chi connectivity index (χ3n) is 3.70. The monoisotopic (exact) mass is 167 g/mol. The van der Waals surface area contributed by atoms with Gasteiger partial charge >= 0.3 is 0 Å². The maximum atomic E-state index is 3.45. The first kappa shape index (κ1) is 8.55. The van der Waals surface area contributed by atoms with E-state index >= 15 is 0 Å². The first-order valence-electron chi connectivity index (χ1n) is 5.67. The Kier molecular flexibility index (Phi) is 3.04. The van der Waals surface area contributed by atoms with E-state index in [4.69, 9.17) is 0 Å². The summed E-state index contributed by atoms with van der Waals surface area (Å²) in [5.74, 6) is 2.17. The molecule has 1 nitrogen and oxygen atoms in total. The quantitative estimate of drug-likeness (QED) is 0.633. The molecule has 1 aliphatic heterocycles. The molecule has 0 radical (unpaired) electrons. The molecule has 70 valence electrons. The number of piperidine rings is 1. The maximum Gasteiger partial charge on any atom is -0.00462 e. The Balaban J connectivity index is 1.80. The normalized spacial score (nSPS) is 29.0. The van der Waals surface area contributed by atoms with Crippen molar-refractivity contribution in [2.75, 3.05) is 13.1 Å². The Morgan fingerprint density at radius 2 is 1.25 bits per heavy atom. The Labute approximate surface area is 75.9 Å². The zero-order chi connectivity index (χ0) is 8.23. The van der Waals surface area contributed by atoms with E-state index in [0.29, 0.717) is 0 Å². The molecule has 0 spiro atoms. The zero-order valence-corrected chi connectivity index (χ0v) is 8.02. The lowest BCUT2D eigenvalue weighted by molar-refractivity contribution is 0.204. The molecule has 1 N–H and O–H groups in total. The van der Waals surface area contributed by atoms with Gasteiger partial charge in [0.2, 0.25) is 0 Å². The van der Waals surface area contributed by atoms with Gasteiger partial charge in [-0.25, -0.2) is 0 Å². The molecule has 12 heavy (non-hydrogen) atoms. The van der Waals surface area contributed by atoms with Gasteiger partial charge in [-0.1, -0.05) is 32.1 Å². The zero-order valence-electron chi connectivity index (χ0n) is 8.02. The average molecular weight is 167 g/mol. The molecule has 0 amide bonds. The Morgan fingerprint density at radius 1 is 0.667 bits per heavy atom. The Bertz CT molecular complexity index is 105. The van der Waals surface area contributed by atoms with Gasteiger partial charge in [-0.05, 0) is 37.8 Å². The average Bonchev–Trinajstić information content (AvgIpc) is 2.21. The molecule has 0 atom stereocenters. The molecule has 2 fully saturated rings. The molecule has 0 bridgehead atoms. The third-order valence-corrected chi connectivity index (χ3v) is 3.70. The topological polar surface area (TPSA) is 12.0 Å². The van der Waals surface area contributed by atoms with Crippen LogP contribution in [-0.4, -0.2) is 13.1 Å². The molecule has 0 aromatic heterocycles. The lowest BCUT2D eigenvalue weighted by Crippen LogP contribution is -2.32. The van der Waals surface area contributed by atoms with Crippen molar-refractivity contribution in [1.82, 2.24) is 5.32 Å². The van der Waals surface area contributed by atoms with Crippen LogP contribution in [0.25, 0.3) is 0 Å². The van der Waals surface area contributed by atoms with Crippen molar-refractivity contribution in [1.29, 1.82) is 0 Å². The summed E-state index contributed by atoms with van der Waals surface area (Å²) in [7, 11) is 0. The molecule has 1 heteroatoms. The van der Waals surface area contributed by atoms with Crippen LogP contribution in [0.2, 0.25) is 0 Å². The number of hydrogen-bond donors (Lipinski definition) is 1. The minimum absolute atomic E-state index is 1.08. The van der Waals surface area contributed by atoms with E-state index in [-0.39, 0.29) is 0 Å². The highest BCUT2D eigenvalue weighted by Crippen LogP contribution is 2.34. The molecule has 0 aromatic carbocycles. The van der Waals surface area contributed by atoms with Gasteiger partial charge in [0.25, 0.3) is 0 Å². The van der Waals surface area contributed by atoms with Gasteiger partial charge in [-0.15, -0.1) is 0 Å². The summed E-state index contributed by atoms with van der Waals surface area (Å²) in [5.41, 5.74) is 0. The van der Waals surface area contributed by atoms with E-state index in [9.17, 15) is 0 Å². The van der Waals surface area contributed by atoms with Crippen molar-refractivity contribution in [3.63, 3.8) is 0 Å². The van der Waals surface area contributed by atoms with Gasteiger partial charge in [0, 0.05) is 0 Å². The minimum Gasteiger partial charge on any atom is -0.317 e. The number of hydrogen-bond acceptors (Lipinski definition) is 1. The number of rotatable bonds is 1. The fourth-order valence-electron chi connectivity index (χ4n) is 2.92. The van der Waals surface area contributed by atoms with Crippen LogP contribution < -0.4 is 5.32 Å². The smallest absolute Gasteiger partial charge is 0.00462 e. The number of nitrogens with one attached hydrogen (secondary N) is 1. The van der Waals surface area contributed by atoms with Gasteiger partial charge in [0.05, 0.1) is 0 Å². The van der Waals surface area contributed by atoms with Gasteiger partial charge in [0.15, 0.2) is 0 Å². The summed E-state index contributed by atoms with van der Waals surface area (Å²) in [4.78, 5) is 0. The minimum atomic E-state index is 1.08. The molecule has 2 aliphatic rings. The summed E-state index contributed by atoms with van der Waals surface area (Å²) < 4.78 is 0. The summed E-state index contributed by atoms with van der Waals surface area (Å²) in [6, 6.07) is 0. The van der Waals surface area contributed by atoms with E-state index in [2.05, 4.69) is 5.32 Å². The molecular weight excluding hydrogens is 146 g/mol. The van der Waals surface area contributed by atoms with Crippen LogP contribution in [0.3, 0.4) is 0 Å². The highest BCUT2D eigenvalue weighted by molar-refractivity contribution is 4.78. The molecule has 1 heterocycles. The van der Waals surface area contributed by atoms with Gasteiger partial charge in [0.1, 0.15) is 0 Å². The van der Waals surface area contributed by atoms with Gasteiger partial charge in [-0.3, -0.25) is 0 Å². The second-order valence-corrected chi connectivity index (χ2v) is 4.49. The standard InChI is InChI=1S/C11H21N/c1-2-4-10(5-3-1)11-6-8-12-9-7-11/h10-12H,1-9H2. The van der Waals surface area contributed by atoms with E-state index in [0.717, 1.165) is 11.8 Å². The highest BCUT2D eigenvalue weighted by Gasteiger charge is 2.24. The molecule has 0 aromatic rings. The van der Waals surface area contributed by atoms with E-state index in [1.807, 2.05) is 0 Å². The SMILES string of the molecule is C1CCC(C2CCNCC2)CC1. The van der Waals surface area contributed by atoms with E-state index in [1.165, 1.54) is 58.0 Å². The summed E-state index contributed by atoms with van der Waals surface area (Å²) in [5, 5.41) is 3.45. The van der Waals surface area contributed by atoms with Crippen molar-refractivity contribution >= 4 is 0 Å². The van der Waals surface area contributed by atoms with Crippen LogP contribution in [0.4, 0.5) is 0 Å². The lowest BCUT2D eigenvalue weighted by Gasteiger charge is -2.33. The second-order valence-electron chi connectivity index (χ2n) is 4.49. The van der Waals surface area contributed by atoms with Crippen LogP contribution in [0, 0.1) is 11.8 Å². The van der Waals surface area contributed by atoms with Gasteiger partial charge < -0.3 is 5.32 Å². The summed E-state index contributed by atoms with van der Waals surface area (Å²) in [6.45, 7) is 2.56. The van der Waals surface area contributed by atoms with E-state index < -0.39 is 0 Å². The van der Waals surface area contributed by atoms with Crippen LogP contribution in [0.5, 0.6) is 0 Å². The first-order chi connectivity index (χ1) is 5.97. The highest BCUT2D eigenvalue weighted by atomic mass is 14.9. The first-order valence-corrected chi connectivity index (χ1v) is 5.67. The van der Waals surface area contributed by atoms with Crippen molar-refractivity contribution in [2.24, 2.45) is 11.8 Å². The van der Waals surface area contributed by atoms with Crippen molar-refractivity contribution in [3.8, 4) is 0 Å². The fourth-order valence-corrected chi connectivity index (χ4v) is 2.92. The van der Waals surface area contributed by atoms with Crippen LogP contribution in [0.15, 0.2) is 0 Å². The van der Waals surface area contributed by atoms with Crippen molar-refractivity contribution in [2.45, 2.75) is 44.9 Å². The largest absolute Gasteiger partial charge is 0.317 e. The Hall–Kier alpha value is -0.0400. The maximum absolute atomic E-state index is 3.45. The molecule has 1 saturated carbocycles. The molecule has 1 saturated heterocycles. The van der Waals surface area contributed by atoms with E-state index in [1.54, 1.807) is 0 Å². The molecular formula is C11H21N. The van der Waals surface area contributed by atoms with Crippen LogP contribution in [-0.2, 0) is 0 Å². The summed E-state index contributed by atoms with van der Waals surface area (Å²) >= 11 is 0. The van der Waals surface area contributed by atoms with Crippen LogP contribution >= 0.6 is 0 Å². The molecule has 1 aliphatic carbocycles. The molecule has 0 unspecified atom stereocenters. The predicted octanol–water partition coefficient (Wildman–Crippen LogP) is 2.57. The van der Waals surface area contributed by atoms with Crippen molar-refractivity contribution < 1.29 is 0 Å². The van der Waals surface area contributed by atoms with Crippen molar-refractivity contribution in [3.05, 3.63) is 0 Å². The summed E-state index contributed by atoms with van der Waals surface area (Å²) in [6.07, 6.45) is 10.5. The lowest BCUT2D eigenvalue weighted by atomic mass is 9.76. The molecule has 2 rings (SSSR count).